The molecule has 1 N–H and O–H groups in total. The molecule has 9 heteroatoms. The van der Waals surface area contributed by atoms with Crippen LogP contribution >= 0.6 is 23.1 Å². The van der Waals surface area contributed by atoms with Gasteiger partial charge in [0.2, 0.25) is 5.13 Å². The van der Waals surface area contributed by atoms with Crippen molar-refractivity contribution in [3.8, 4) is 5.75 Å². The van der Waals surface area contributed by atoms with Crippen molar-refractivity contribution in [1.29, 1.82) is 0 Å². The fourth-order valence-electron chi connectivity index (χ4n) is 5.64. The number of ether oxygens (including phenoxy) is 1. The normalized spacial score (nSPS) is 15.8. The number of aliphatic hydroxyl groups excluding tert-OH is 1. The summed E-state index contributed by atoms with van der Waals surface area (Å²) < 4.78 is 6.75. The van der Waals surface area contributed by atoms with Crippen LogP contribution in [0.4, 0.5) is 5.13 Å². The number of aryl methyl sites for hydroxylation is 1. The molecule has 0 bridgehead atoms. The average molecular weight is 656 g/mol. The van der Waals surface area contributed by atoms with Crippen LogP contribution in [0.5, 0.6) is 5.75 Å². The zero-order valence-corrected chi connectivity index (χ0v) is 27.0. The summed E-state index contributed by atoms with van der Waals surface area (Å²) in [5.74, 6) is -0.589. The van der Waals surface area contributed by atoms with Crippen molar-refractivity contribution >= 4 is 56.5 Å². The number of aliphatic hydroxyl groups is 1. The van der Waals surface area contributed by atoms with Crippen LogP contribution in [0.3, 0.4) is 0 Å². The van der Waals surface area contributed by atoms with Gasteiger partial charge in [-0.15, -0.1) is 10.2 Å². The number of fused-ring (bicyclic) bond motifs is 1. The number of carbonyl (C=O) groups excluding carboxylic acids is 2. The van der Waals surface area contributed by atoms with Crippen LogP contribution in [0.2, 0.25) is 0 Å². The molecule has 1 amide bonds. The first kappa shape index (κ1) is 30.4. The molecule has 1 fully saturated rings. The number of benzene rings is 5. The smallest absolute Gasteiger partial charge is 0.301 e. The van der Waals surface area contributed by atoms with E-state index in [9.17, 15) is 14.7 Å². The maximum Gasteiger partial charge on any atom is 0.301 e. The van der Waals surface area contributed by atoms with Gasteiger partial charge >= 0.3 is 5.91 Å². The van der Waals surface area contributed by atoms with E-state index in [0.29, 0.717) is 33.6 Å². The minimum absolute atomic E-state index is 0.0146. The lowest BCUT2D eigenvalue weighted by Gasteiger charge is -2.23. The summed E-state index contributed by atoms with van der Waals surface area (Å²) in [5.41, 5.74) is 4.20. The summed E-state index contributed by atoms with van der Waals surface area (Å²) in [7, 11) is 0. The highest BCUT2D eigenvalue weighted by molar-refractivity contribution is 8.00. The molecule has 7 nitrogen and oxygen atoms in total. The summed E-state index contributed by atoms with van der Waals surface area (Å²) in [6.45, 7) is 2.29. The minimum Gasteiger partial charge on any atom is -0.507 e. The van der Waals surface area contributed by atoms with Crippen molar-refractivity contribution in [3.05, 3.63) is 155 Å². The maximum atomic E-state index is 13.8. The Morgan fingerprint density at radius 2 is 1.62 bits per heavy atom. The molecule has 0 saturated carbocycles. The van der Waals surface area contributed by atoms with E-state index in [1.165, 1.54) is 33.4 Å². The van der Waals surface area contributed by atoms with E-state index in [1.807, 2.05) is 85.8 Å². The van der Waals surface area contributed by atoms with Gasteiger partial charge in [0.1, 0.15) is 18.1 Å². The molecule has 47 heavy (non-hydrogen) atoms. The standard InChI is InChI=1S/C38H29N3O4S2/c1-24-17-19-27(20-18-24)34(42)32-33(28-13-8-15-30(21-28)45-22-25-9-3-2-4-10-25)41(36(44)35(32)43)37-39-40-38(47-37)46-23-29-14-7-12-26-11-5-6-16-31(26)29/h2-21,33,42H,22-23H2,1H3/b34-32+. The van der Waals surface area contributed by atoms with Crippen LogP contribution in [-0.4, -0.2) is 27.0 Å². The monoisotopic (exact) mass is 655 g/mol. The third-order valence-electron chi connectivity index (χ3n) is 8.02. The maximum absolute atomic E-state index is 13.8. The molecule has 1 aliphatic heterocycles. The lowest BCUT2D eigenvalue weighted by molar-refractivity contribution is -0.132. The number of nitrogens with zero attached hydrogens (tertiary/aromatic N) is 3. The van der Waals surface area contributed by atoms with Crippen molar-refractivity contribution in [1.82, 2.24) is 10.2 Å². The van der Waals surface area contributed by atoms with Crippen LogP contribution in [0.15, 0.2) is 131 Å². The number of Topliss-reactive ketones (excluding diaryl/α,β-unsaturated/α-hetero) is 1. The topological polar surface area (TPSA) is 92.6 Å². The zero-order valence-electron chi connectivity index (χ0n) is 25.4. The fourth-order valence-corrected chi connectivity index (χ4v) is 7.52. The van der Waals surface area contributed by atoms with Gasteiger partial charge < -0.3 is 9.84 Å². The number of thioether (sulfide) groups is 1. The van der Waals surface area contributed by atoms with Gasteiger partial charge in [0, 0.05) is 11.3 Å². The average Bonchev–Trinajstić information content (AvgIpc) is 3.68. The third kappa shape index (κ3) is 6.27. The lowest BCUT2D eigenvalue weighted by atomic mass is 9.95. The predicted molar refractivity (Wildman–Crippen MR) is 187 cm³/mol. The SMILES string of the molecule is Cc1ccc(/C(O)=C2\C(=O)C(=O)N(c3nnc(SCc4cccc5ccccc45)s3)C2c2cccc(OCc3ccccc3)c2)cc1. The Morgan fingerprint density at radius 3 is 2.45 bits per heavy atom. The van der Waals surface area contributed by atoms with Crippen molar-refractivity contribution in [3.63, 3.8) is 0 Å². The predicted octanol–water partition coefficient (Wildman–Crippen LogP) is 8.50. The second-order valence-corrected chi connectivity index (χ2v) is 13.3. The Kier molecular flexibility index (Phi) is 8.56. The fraction of sp³-hybridized carbons (Fsp3) is 0.105. The molecule has 2 heterocycles. The molecule has 1 unspecified atom stereocenters. The molecule has 7 rings (SSSR count). The highest BCUT2D eigenvalue weighted by Crippen LogP contribution is 2.44. The number of ketones is 1. The second-order valence-electron chi connectivity index (χ2n) is 11.2. The van der Waals surface area contributed by atoms with Gasteiger partial charge in [0.05, 0.1) is 11.6 Å². The highest BCUT2D eigenvalue weighted by atomic mass is 32.2. The molecular formula is C38H29N3O4S2. The van der Waals surface area contributed by atoms with E-state index in [1.54, 1.807) is 18.2 Å². The first-order valence-corrected chi connectivity index (χ1v) is 16.8. The van der Waals surface area contributed by atoms with E-state index < -0.39 is 17.7 Å². The highest BCUT2D eigenvalue weighted by Gasteiger charge is 2.48. The number of carbonyl (C=O) groups is 2. The van der Waals surface area contributed by atoms with Gasteiger partial charge in [-0.25, -0.2) is 0 Å². The molecule has 1 aromatic heterocycles. The van der Waals surface area contributed by atoms with E-state index in [-0.39, 0.29) is 16.5 Å². The van der Waals surface area contributed by atoms with Gasteiger partial charge in [-0.3, -0.25) is 14.5 Å². The molecule has 0 spiro atoms. The van der Waals surface area contributed by atoms with E-state index in [2.05, 4.69) is 34.5 Å². The summed E-state index contributed by atoms with van der Waals surface area (Å²) in [6.07, 6.45) is 0. The molecule has 1 aliphatic rings. The van der Waals surface area contributed by atoms with Gasteiger partial charge in [0.15, 0.2) is 4.34 Å². The second kappa shape index (κ2) is 13.2. The number of aromatic nitrogens is 2. The number of hydrogen-bond acceptors (Lipinski definition) is 8. The van der Waals surface area contributed by atoms with Crippen LogP contribution < -0.4 is 9.64 Å². The van der Waals surface area contributed by atoms with Gasteiger partial charge in [-0.1, -0.05) is 138 Å². The lowest BCUT2D eigenvalue weighted by Crippen LogP contribution is -2.29. The molecule has 0 radical (unpaired) electrons. The number of hydrogen-bond donors (Lipinski definition) is 1. The van der Waals surface area contributed by atoms with Gasteiger partial charge in [-0.2, -0.15) is 0 Å². The Bertz CT molecular complexity index is 2120. The largest absolute Gasteiger partial charge is 0.507 e. The van der Waals surface area contributed by atoms with Crippen molar-refractivity contribution < 1.29 is 19.4 Å². The zero-order chi connectivity index (χ0) is 32.3. The van der Waals surface area contributed by atoms with E-state index >= 15 is 0 Å². The Hall–Kier alpha value is -5.25. The summed E-state index contributed by atoms with van der Waals surface area (Å²) in [5, 5.41) is 22.9. The molecule has 1 saturated heterocycles. The number of amides is 1. The molecular weight excluding hydrogens is 627 g/mol. The van der Waals surface area contributed by atoms with Gasteiger partial charge in [0.25, 0.3) is 5.78 Å². The Labute approximate surface area is 280 Å². The molecule has 5 aromatic carbocycles. The summed E-state index contributed by atoms with van der Waals surface area (Å²) >= 11 is 2.76. The van der Waals surface area contributed by atoms with E-state index in [4.69, 9.17) is 4.74 Å². The first-order valence-electron chi connectivity index (χ1n) is 15.0. The third-order valence-corrected chi connectivity index (χ3v) is 10.1. The first-order chi connectivity index (χ1) is 23.0. The molecule has 1 atom stereocenters. The van der Waals surface area contributed by atoms with Crippen LogP contribution in [0.25, 0.3) is 16.5 Å². The van der Waals surface area contributed by atoms with Crippen LogP contribution in [0.1, 0.15) is 33.9 Å². The number of rotatable bonds is 9. The summed E-state index contributed by atoms with van der Waals surface area (Å²) in [4.78, 5) is 28.8. The Morgan fingerprint density at radius 1 is 0.872 bits per heavy atom. The molecule has 0 aliphatic carbocycles. The quantitative estimate of drug-likeness (QED) is 0.0549. The van der Waals surface area contributed by atoms with Crippen molar-refractivity contribution in [2.45, 2.75) is 29.7 Å². The van der Waals surface area contributed by atoms with Crippen LogP contribution in [0, 0.1) is 6.92 Å². The van der Waals surface area contributed by atoms with Crippen molar-refractivity contribution in [2.24, 2.45) is 0 Å². The van der Waals surface area contributed by atoms with Gasteiger partial charge in [-0.05, 0) is 46.5 Å². The summed E-state index contributed by atoms with van der Waals surface area (Å²) in [6, 6.07) is 37.7. The Balaban J connectivity index is 1.24. The van der Waals surface area contributed by atoms with Crippen molar-refractivity contribution in [2.75, 3.05) is 4.90 Å². The minimum atomic E-state index is -0.944. The molecule has 232 valence electrons. The van der Waals surface area contributed by atoms with Crippen LogP contribution in [-0.2, 0) is 21.9 Å². The van der Waals surface area contributed by atoms with E-state index in [0.717, 1.165) is 22.1 Å². The molecule has 6 aromatic rings. The number of anilines is 1.